The number of benzene rings is 2. The summed E-state index contributed by atoms with van der Waals surface area (Å²) in [5.74, 6) is -1.57. The lowest BCUT2D eigenvalue weighted by atomic mass is 10.1. The maximum absolute atomic E-state index is 12.3. The molecule has 0 unspecified atom stereocenters. The summed E-state index contributed by atoms with van der Waals surface area (Å²) in [5.41, 5.74) is 5.70. The summed E-state index contributed by atoms with van der Waals surface area (Å²) < 4.78 is 15.3. The van der Waals surface area contributed by atoms with Crippen LogP contribution in [-0.2, 0) is 9.53 Å². The highest BCUT2D eigenvalue weighted by Crippen LogP contribution is 2.28. The van der Waals surface area contributed by atoms with E-state index < -0.39 is 24.4 Å². The van der Waals surface area contributed by atoms with Gasteiger partial charge in [-0.1, -0.05) is 18.2 Å². The third-order valence-corrected chi connectivity index (χ3v) is 3.43. The molecule has 2 amide bonds. The van der Waals surface area contributed by atoms with Crippen LogP contribution in [0.4, 0.5) is 5.69 Å². The highest BCUT2D eigenvalue weighted by Gasteiger charge is 2.21. The monoisotopic (exact) mass is 358 g/mol. The zero-order valence-corrected chi connectivity index (χ0v) is 14.3. The highest BCUT2D eigenvalue weighted by atomic mass is 16.5. The van der Waals surface area contributed by atoms with Crippen LogP contribution in [0.1, 0.15) is 20.7 Å². The molecule has 0 saturated carbocycles. The summed E-state index contributed by atoms with van der Waals surface area (Å²) in [6, 6.07) is 11.0. The van der Waals surface area contributed by atoms with Crippen LogP contribution in [0.25, 0.3) is 0 Å². The van der Waals surface area contributed by atoms with Gasteiger partial charge in [0.15, 0.2) is 6.61 Å². The number of amides is 2. The molecule has 0 heterocycles. The number of carbonyl (C=O) groups is 3. The lowest BCUT2D eigenvalue weighted by molar-refractivity contribution is -0.119. The molecular weight excluding hydrogens is 340 g/mol. The maximum Gasteiger partial charge on any atom is 0.346 e. The molecule has 0 aliphatic heterocycles. The molecule has 0 aliphatic carbocycles. The van der Waals surface area contributed by atoms with E-state index >= 15 is 0 Å². The molecule has 0 aromatic heterocycles. The molecule has 136 valence electrons. The molecule has 0 radical (unpaired) electrons. The number of rotatable bonds is 7. The highest BCUT2D eigenvalue weighted by molar-refractivity contribution is 6.04. The van der Waals surface area contributed by atoms with E-state index in [9.17, 15) is 14.4 Å². The van der Waals surface area contributed by atoms with E-state index in [2.05, 4.69) is 5.32 Å². The number of carbonyl (C=O) groups excluding carboxylic acids is 3. The second-order valence-electron chi connectivity index (χ2n) is 5.07. The third kappa shape index (κ3) is 4.29. The van der Waals surface area contributed by atoms with Crippen LogP contribution in [0, 0.1) is 0 Å². The average Bonchev–Trinajstić information content (AvgIpc) is 2.65. The maximum atomic E-state index is 12.3. The zero-order chi connectivity index (χ0) is 19.1. The largest absolute Gasteiger partial charge is 0.496 e. The number of methoxy groups -OCH3 is 2. The van der Waals surface area contributed by atoms with Gasteiger partial charge in [-0.2, -0.15) is 0 Å². The van der Waals surface area contributed by atoms with Crippen molar-refractivity contribution in [3.63, 3.8) is 0 Å². The van der Waals surface area contributed by atoms with Crippen molar-refractivity contribution in [1.82, 2.24) is 0 Å². The van der Waals surface area contributed by atoms with Crippen LogP contribution < -0.4 is 20.5 Å². The van der Waals surface area contributed by atoms with E-state index in [1.807, 2.05) is 0 Å². The van der Waals surface area contributed by atoms with Crippen molar-refractivity contribution in [1.29, 1.82) is 0 Å². The zero-order valence-electron chi connectivity index (χ0n) is 14.3. The SMILES string of the molecule is COc1cccc(OC)c1C(=O)OCC(=O)Nc1ccccc1C(N)=O. The Balaban J connectivity index is 2.07. The summed E-state index contributed by atoms with van der Waals surface area (Å²) in [4.78, 5) is 35.7. The number of esters is 1. The third-order valence-electron chi connectivity index (χ3n) is 3.43. The summed E-state index contributed by atoms with van der Waals surface area (Å²) in [7, 11) is 2.80. The molecule has 2 aromatic rings. The van der Waals surface area contributed by atoms with Gasteiger partial charge in [0.1, 0.15) is 17.1 Å². The quantitative estimate of drug-likeness (QED) is 0.726. The molecule has 0 saturated heterocycles. The van der Waals surface area contributed by atoms with Crippen molar-refractivity contribution >= 4 is 23.5 Å². The average molecular weight is 358 g/mol. The Morgan fingerprint density at radius 3 is 2.15 bits per heavy atom. The second-order valence-corrected chi connectivity index (χ2v) is 5.07. The first-order valence-corrected chi connectivity index (χ1v) is 7.54. The van der Waals surface area contributed by atoms with Crippen molar-refractivity contribution < 1.29 is 28.6 Å². The molecule has 0 aliphatic rings. The van der Waals surface area contributed by atoms with Crippen LogP contribution >= 0.6 is 0 Å². The van der Waals surface area contributed by atoms with Gasteiger partial charge in [-0.25, -0.2) is 4.79 Å². The van der Waals surface area contributed by atoms with Crippen molar-refractivity contribution in [2.24, 2.45) is 5.73 Å². The normalized spacial score (nSPS) is 9.92. The summed E-state index contributed by atoms with van der Waals surface area (Å²) in [5, 5.41) is 2.48. The van der Waals surface area contributed by atoms with Gasteiger partial charge in [0.05, 0.1) is 25.5 Å². The Morgan fingerprint density at radius 1 is 0.962 bits per heavy atom. The number of nitrogens with one attached hydrogen (secondary N) is 1. The van der Waals surface area contributed by atoms with E-state index in [1.54, 1.807) is 30.3 Å². The van der Waals surface area contributed by atoms with E-state index in [-0.39, 0.29) is 28.3 Å². The van der Waals surface area contributed by atoms with Crippen molar-refractivity contribution in [3.8, 4) is 11.5 Å². The first-order valence-electron chi connectivity index (χ1n) is 7.54. The van der Waals surface area contributed by atoms with Crippen molar-refractivity contribution in [2.75, 3.05) is 26.1 Å². The molecule has 0 bridgehead atoms. The standard InChI is InChI=1S/C18H18N2O6/c1-24-13-8-5-9-14(25-2)16(13)18(23)26-10-15(21)20-12-7-4-3-6-11(12)17(19)22/h3-9H,10H2,1-2H3,(H2,19,22)(H,20,21). The number of anilines is 1. The number of ether oxygens (including phenoxy) is 3. The van der Waals surface area contributed by atoms with Crippen molar-refractivity contribution in [2.45, 2.75) is 0 Å². The predicted molar refractivity (Wildman–Crippen MR) is 93.4 cm³/mol. The number of nitrogens with two attached hydrogens (primary N) is 1. The fourth-order valence-corrected chi connectivity index (χ4v) is 2.25. The molecule has 8 nitrogen and oxygen atoms in total. The molecule has 2 rings (SSSR count). The fraction of sp³-hybridized carbons (Fsp3) is 0.167. The Hall–Kier alpha value is -3.55. The fourth-order valence-electron chi connectivity index (χ4n) is 2.25. The molecule has 0 fully saturated rings. The Kier molecular flexibility index (Phi) is 6.15. The molecule has 0 atom stereocenters. The number of primary amides is 1. The number of para-hydroxylation sites is 1. The van der Waals surface area contributed by atoms with Crippen LogP contribution in [0.15, 0.2) is 42.5 Å². The smallest absolute Gasteiger partial charge is 0.346 e. The van der Waals surface area contributed by atoms with Gasteiger partial charge in [0.2, 0.25) is 0 Å². The van der Waals surface area contributed by atoms with Gasteiger partial charge >= 0.3 is 5.97 Å². The Bertz CT molecular complexity index is 812. The van der Waals surface area contributed by atoms with Gasteiger partial charge in [0.25, 0.3) is 11.8 Å². The van der Waals surface area contributed by atoms with Gasteiger partial charge in [-0.3, -0.25) is 9.59 Å². The summed E-state index contributed by atoms with van der Waals surface area (Å²) in [6.07, 6.45) is 0. The molecule has 0 spiro atoms. The Labute approximate surface area is 149 Å². The number of hydrogen-bond donors (Lipinski definition) is 2. The van der Waals surface area contributed by atoms with E-state index in [4.69, 9.17) is 19.9 Å². The minimum atomic E-state index is -0.780. The van der Waals surface area contributed by atoms with Gasteiger partial charge in [-0.05, 0) is 24.3 Å². The molecule has 26 heavy (non-hydrogen) atoms. The summed E-state index contributed by atoms with van der Waals surface area (Å²) >= 11 is 0. The molecule has 3 N–H and O–H groups in total. The lowest BCUT2D eigenvalue weighted by Crippen LogP contribution is -2.23. The molecular formula is C18H18N2O6. The van der Waals surface area contributed by atoms with Gasteiger partial charge in [0, 0.05) is 0 Å². The van der Waals surface area contributed by atoms with E-state index in [1.165, 1.54) is 26.4 Å². The molecule has 8 heteroatoms. The predicted octanol–water partition coefficient (Wildman–Crippen LogP) is 1.60. The minimum absolute atomic E-state index is 0.0721. The van der Waals surface area contributed by atoms with Crippen LogP contribution in [-0.4, -0.2) is 38.6 Å². The Morgan fingerprint density at radius 2 is 1.58 bits per heavy atom. The first-order chi connectivity index (χ1) is 12.5. The van der Waals surface area contributed by atoms with Gasteiger partial charge in [-0.15, -0.1) is 0 Å². The van der Waals surface area contributed by atoms with Crippen molar-refractivity contribution in [3.05, 3.63) is 53.6 Å². The van der Waals surface area contributed by atoms with Crippen LogP contribution in [0.5, 0.6) is 11.5 Å². The topological polar surface area (TPSA) is 117 Å². The summed E-state index contributed by atoms with van der Waals surface area (Å²) in [6.45, 7) is -0.562. The van der Waals surface area contributed by atoms with E-state index in [0.717, 1.165) is 0 Å². The number of hydrogen-bond acceptors (Lipinski definition) is 6. The van der Waals surface area contributed by atoms with Crippen LogP contribution in [0.3, 0.4) is 0 Å². The van der Waals surface area contributed by atoms with Crippen LogP contribution in [0.2, 0.25) is 0 Å². The van der Waals surface area contributed by atoms with E-state index in [0.29, 0.717) is 0 Å². The first kappa shape index (κ1) is 18.8. The second kappa shape index (κ2) is 8.52. The van der Waals surface area contributed by atoms with Gasteiger partial charge < -0.3 is 25.3 Å². The molecule has 2 aromatic carbocycles. The minimum Gasteiger partial charge on any atom is -0.496 e. The lowest BCUT2D eigenvalue weighted by Gasteiger charge is -2.13.